The van der Waals surface area contributed by atoms with E-state index in [4.69, 9.17) is 4.74 Å². The number of carbonyl (C=O) groups is 2. The molecule has 0 aromatic heterocycles. The van der Waals surface area contributed by atoms with Gasteiger partial charge in [-0.15, -0.1) is 24.2 Å². The Bertz CT molecular complexity index is 348. The smallest absolute Gasteiger partial charge is 0.232 e. The first-order valence-electron chi connectivity index (χ1n) is 7.08. The lowest BCUT2D eigenvalue weighted by Gasteiger charge is -2.27. The maximum absolute atomic E-state index is 12.0. The first kappa shape index (κ1) is 18.5. The zero-order chi connectivity index (χ0) is 14.4. The molecule has 1 unspecified atom stereocenters. The van der Waals surface area contributed by atoms with Crippen LogP contribution in [0.2, 0.25) is 0 Å². The highest BCUT2D eigenvalue weighted by molar-refractivity contribution is 8.00. The van der Waals surface area contributed by atoms with Crippen LogP contribution in [0, 0.1) is 0 Å². The summed E-state index contributed by atoms with van der Waals surface area (Å²) in [4.78, 5) is 27.6. The van der Waals surface area contributed by atoms with Crippen LogP contribution in [0.15, 0.2) is 0 Å². The average Bonchev–Trinajstić information content (AvgIpc) is 3.01. The number of rotatable bonds is 5. The van der Waals surface area contributed by atoms with Crippen LogP contribution < -0.4 is 5.32 Å². The molecule has 2 heterocycles. The molecule has 0 saturated carbocycles. The van der Waals surface area contributed by atoms with E-state index in [9.17, 15) is 9.59 Å². The molecule has 2 aliphatic heterocycles. The van der Waals surface area contributed by atoms with Gasteiger partial charge in [-0.2, -0.15) is 0 Å². The van der Waals surface area contributed by atoms with Gasteiger partial charge in [-0.3, -0.25) is 9.59 Å². The second-order valence-electron chi connectivity index (χ2n) is 5.14. The largest absolute Gasteiger partial charge is 0.378 e. The summed E-state index contributed by atoms with van der Waals surface area (Å²) >= 11 is 1.41. The molecule has 8 heteroatoms. The minimum atomic E-state index is 0. The molecule has 0 spiro atoms. The number of nitrogens with zero attached hydrogens (tertiary/aromatic N) is 2. The Morgan fingerprint density at radius 1 is 1.33 bits per heavy atom. The maximum Gasteiger partial charge on any atom is 0.232 e. The van der Waals surface area contributed by atoms with Crippen LogP contribution in [0.1, 0.15) is 6.42 Å². The molecule has 0 radical (unpaired) electrons. The number of morpholine rings is 1. The number of thioether (sulfide) groups is 1. The van der Waals surface area contributed by atoms with Gasteiger partial charge in [0.1, 0.15) is 0 Å². The third-order valence-corrected chi connectivity index (χ3v) is 4.69. The quantitative estimate of drug-likeness (QED) is 0.754. The van der Waals surface area contributed by atoms with Crippen LogP contribution in [-0.2, 0) is 14.3 Å². The van der Waals surface area contributed by atoms with Gasteiger partial charge in [0, 0.05) is 32.7 Å². The van der Waals surface area contributed by atoms with Crippen molar-refractivity contribution < 1.29 is 14.3 Å². The van der Waals surface area contributed by atoms with Gasteiger partial charge in [0.2, 0.25) is 11.8 Å². The van der Waals surface area contributed by atoms with Crippen LogP contribution in [0.4, 0.5) is 0 Å². The first-order chi connectivity index (χ1) is 9.68. The van der Waals surface area contributed by atoms with Crippen LogP contribution in [0.3, 0.4) is 0 Å². The summed E-state index contributed by atoms with van der Waals surface area (Å²) in [5.41, 5.74) is 0. The second-order valence-corrected chi connectivity index (χ2v) is 6.12. The van der Waals surface area contributed by atoms with Gasteiger partial charge < -0.3 is 19.9 Å². The molecule has 2 rings (SSSR count). The fourth-order valence-electron chi connectivity index (χ4n) is 2.41. The van der Waals surface area contributed by atoms with E-state index in [1.54, 1.807) is 0 Å². The molecule has 2 saturated heterocycles. The van der Waals surface area contributed by atoms with Crippen LogP contribution >= 0.6 is 24.2 Å². The Morgan fingerprint density at radius 2 is 2.05 bits per heavy atom. The minimum Gasteiger partial charge on any atom is -0.378 e. The Morgan fingerprint density at radius 3 is 2.67 bits per heavy atom. The second kappa shape index (κ2) is 9.50. The molecule has 21 heavy (non-hydrogen) atoms. The number of nitrogens with one attached hydrogen (secondary N) is 1. The predicted octanol–water partition coefficient (Wildman–Crippen LogP) is -0.179. The summed E-state index contributed by atoms with van der Waals surface area (Å²) in [5.74, 6) is 0.973. The number of hydrogen-bond donors (Lipinski definition) is 1. The molecule has 2 aliphatic rings. The van der Waals surface area contributed by atoms with E-state index in [1.165, 1.54) is 11.8 Å². The summed E-state index contributed by atoms with van der Waals surface area (Å²) in [7, 11) is 1.85. The molecule has 0 aliphatic carbocycles. The van der Waals surface area contributed by atoms with E-state index in [2.05, 4.69) is 5.32 Å². The summed E-state index contributed by atoms with van der Waals surface area (Å²) < 4.78 is 5.21. The Kier molecular flexibility index (Phi) is 8.39. The molecule has 2 amide bonds. The van der Waals surface area contributed by atoms with Crippen molar-refractivity contribution in [2.24, 2.45) is 0 Å². The van der Waals surface area contributed by atoms with Crippen molar-refractivity contribution in [1.29, 1.82) is 0 Å². The highest BCUT2D eigenvalue weighted by Gasteiger charge is 2.23. The summed E-state index contributed by atoms with van der Waals surface area (Å²) in [6.45, 7) is 4.42. The molecule has 2 fully saturated rings. The van der Waals surface area contributed by atoms with E-state index in [0.29, 0.717) is 43.9 Å². The fraction of sp³-hybridized carbons (Fsp3) is 0.846. The van der Waals surface area contributed by atoms with Crippen molar-refractivity contribution in [3.05, 3.63) is 0 Å². The number of carbonyl (C=O) groups excluding carboxylic acids is 2. The van der Waals surface area contributed by atoms with Gasteiger partial charge in [0.25, 0.3) is 0 Å². The van der Waals surface area contributed by atoms with Crippen LogP contribution in [-0.4, -0.2) is 85.6 Å². The molecule has 0 bridgehead atoms. The van der Waals surface area contributed by atoms with E-state index in [1.807, 2.05) is 16.8 Å². The third kappa shape index (κ3) is 5.65. The molecule has 0 aromatic rings. The van der Waals surface area contributed by atoms with Gasteiger partial charge in [0.15, 0.2) is 0 Å². The summed E-state index contributed by atoms with van der Waals surface area (Å²) in [6.07, 6.45) is 1.01. The fourth-order valence-corrected chi connectivity index (χ4v) is 3.24. The summed E-state index contributed by atoms with van der Waals surface area (Å²) in [5, 5.41) is 3.25. The van der Waals surface area contributed by atoms with Crippen molar-refractivity contribution in [3.8, 4) is 0 Å². The van der Waals surface area contributed by atoms with E-state index in [0.717, 1.165) is 19.5 Å². The Labute approximate surface area is 136 Å². The van der Waals surface area contributed by atoms with E-state index in [-0.39, 0.29) is 24.2 Å². The van der Waals surface area contributed by atoms with E-state index < -0.39 is 0 Å². The number of amides is 2. The third-order valence-electron chi connectivity index (χ3n) is 3.79. The lowest BCUT2D eigenvalue weighted by Crippen LogP contribution is -2.42. The maximum atomic E-state index is 12.0. The topological polar surface area (TPSA) is 61.9 Å². The van der Waals surface area contributed by atoms with Crippen LogP contribution in [0.25, 0.3) is 0 Å². The highest BCUT2D eigenvalue weighted by Crippen LogP contribution is 2.10. The Balaban J connectivity index is 0.00000220. The van der Waals surface area contributed by atoms with Crippen molar-refractivity contribution in [1.82, 2.24) is 15.1 Å². The number of hydrogen-bond acceptors (Lipinski definition) is 5. The van der Waals surface area contributed by atoms with Gasteiger partial charge in [-0.1, -0.05) is 0 Å². The Hall–Kier alpha value is -0.500. The first-order valence-corrected chi connectivity index (χ1v) is 8.23. The molecule has 1 N–H and O–H groups in total. The van der Waals surface area contributed by atoms with Crippen molar-refractivity contribution in [2.45, 2.75) is 12.5 Å². The normalized spacial score (nSPS) is 21.8. The zero-order valence-corrected chi connectivity index (χ0v) is 14.0. The van der Waals surface area contributed by atoms with Crippen LogP contribution in [0.5, 0.6) is 0 Å². The standard InChI is InChI=1S/C13H23N3O3S.ClH/c1-15(11-2-3-14-8-11)12(17)9-20-10-13(18)16-4-6-19-7-5-16;/h11,14H,2-10H2,1H3;1H. The zero-order valence-electron chi connectivity index (χ0n) is 12.4. The van der Waals surface area contributed by atoms with Gasteiger partial charge in [-0.05, 0) is 13.0 Å². The summed E-state index contributed by atoms with van der Waals surface area (Å²) in [6, 6.07) is 0.304. The monoisotopic (exact) mass is 337 g/mol. The SMILES string of the molecule is CN(C(=O)CSCC(=O)N1CCOCC1)C1CCNC1.Cl. The van der Waals surface area contributed by atoms with Crippen molar-refractivity contribution in [3.63, 3.8) is 0 Å². The molecule has 1 atom stereocenters. The lowest BCUT2D eigenvalue weighted by molar-refractivity contribution is -0.132. The predicted molar refractivity (Wildman–Crippen MR) is 86.0 cm³/mol. The van der Waals surface area contributed by atoms with Gasteiger partial charge in [-0.25, -0.2) is 0 Å². The lowest BCUT2D eigenvalue weighted by atomic mass is 10.2. The van der Waals surface area contributed by atoms with Crippen molar-refractivity contribution >= 4 is 36.0 Å². The molecule has 0 aromatic carbocycles. The minimum absolute atomic E-state index is 0. The molecular weight excluding hydrogens is 314 g/mol. The highest BCUT2D eigenvalue weighted by atomic mass is 35.5. The number of ether oxygens (including phenoxy) is 1. The number of likely N-dealkylation sites (N-methyl/N-ethyl adjacent to an activating group) is 1. The molecule has 6 nitrogen and oxygen atoms in total. The van der Waals surface area contributed by atoms with Crippen molar-refractivity contribution in [2.75, 3.05) is 57.9 Å². The van der Waals surface area contributed by atoms with E-state index >= 15 is 0 Å². The average molecular weight is 338 g/mol. The molecular formula is C13H24ClN3O3S. The number of halogens is 1. The van der Waals surface area contributed by atoms with Gasteiger partial charge in [0.05, 0.1) is 24.7 Å². The molecule has 122 valence electrons. The van der Waals surface area contributed by atoms with Gasteiger partial charge >= 0.3 is 0 Å².